The third kappa shape index (κ3) is 13.3. The number of hydrogen-bond donors (Lipinski definition) is 2. The molecule has 0 aliphatic rings. The molecule has 2 N–H and O–H groups in total. The van der Waals surface area contributed by atoms with Crippen LogP contribution in [0.4, 0.5) is 0 Å². The van der Waals surface area contributed by atoms with Crippen LogP contribution < -0.4 is 5.32 Å². The van der Waals surface area contributed by atoms with E-state index in [1.54, 1.807) is 0 Å². The molecule has 3 heteroatoms. The van der Waals surface area contributed by atoms with E-state index in [4.69, 9.17) is 5.11 Å². The summed E-state index contributed by atoms with van der Waals surface area (Å²) < 4.78 is 0. The van der Waals surface area contributed by atoms with Crippen LogP contribution in [-0.4, -0.2) is 16.6 Å². The van der Waals surface area contributed by atoms with Crippen LogP contribution in [0, 0.1) is 0 Å². The van der Waals surface area contributed by atoms with E-state index in [2.05, 4.69) is 17.2 Å². The highest BCUT2D eigenvalue weighted by molar-refractivity contribution is 5.10. The van der Waals surface area contributed by atoms with Gasteiger partial charge in [0.15, 0.2) is 0 Å². The van der Waals surface area contributed by atoms with Crippen molar-refractivity contribution in [2.75, 3.05) is 6.54 Å². The fourth-order valence-corrected chi connectivity index (χ4v) is 3.38. The van der Waals surface area contributed by atoms with E-state index >= 15 is 0 Å². The summed E-state index contributed by atoms with van der Waals surface area (Å²) in [5, 5.41) is 12.5. The Kier molecular flexibility index (Phi) is 15.5. The van der Waals surface area contributed by atoms with Crippen molar-refractivity contribution in [2.24, 2.45) is 0 Å². The van der Waals surface area contributed by atoms with Gasteiger partial charge in [0.2, 0.25) is 0 Å². The lowest BCUT2D eigenvalue weighted by Gasteiger charge is -2.06. The minimum atomic E-state index is 0.0206. The molecule has 1 rings (SSSR count). The third-order valence-corrected chi connectivity index (χ3v) is 5.04. The monoisotopic (exact) mass is 362 g/mol. The minimum absolute atomic E-state index is 0.0206. The first-order valence-corrected chi connectivity index (χ1v) is 11.1. The van der Waals surface area contributed by atoms with Gasteiger partial charge in [-0.05, 0) is 25.1 Å². The Morgan fingerprint density at radius 3 is 1.77 bits per heavy atom. The molecule has 0 aliphatic carbocycles. The number of hydrogen-bond acceptors (Lipinski definition) is 3. The SMILES string of the molecule is CCCCCCCCCCCCCCCCNCc1cccc(CO)n1. The molecular weight excluding hydrogens is 320 g/mol. The topological polar surface area (TPSA) is 45.1 Å². The van der Waals surface area contributed by atoms with E-state index in [0.717, 1.165) is 24.5 Å². The molecule has 0 unspecified atom stereocenters. The number of unbranched alkanes of at least 4 members (excludes halogenated alkanes) is 13. The number of pyridine rings is 1. The second-order valence-corrected chi connectivity index (χ2v) is 7.55. The Bertz CT molecular complexity index is 422. The second kappa shape index (κ2) is 17.5. The molecule has 0 spiro atoms. The van der Waals surface area contributed by atoms with Gasteiger partial charge in [0.25, 0.3) is 0 Å². The van der Waals surface area contributed by atoms with Crippen LogP contribution >= 0.6 is 0 Å². The largest absolute Gasteiger partial charge is 0.390 e. The van der Waals surface area contributed by atoms with Crippen molar-refractivity contribution in [3.63, 3.8) is 0 Å². The zero-order chi connectivity index (χ0) is 18.7. The lowest BCUT2D eigenvalue weighted by molar-refractivity contribution is 0.276. The summed E-state index contributed by atoms with van der Waals surface area (Å²) in [6.07, 6.45) is 19.6. The molecule has 0 aliphatic heterocycles. The Hall–Kier alpha value is -0.930. The van der Waals surface area contributed by atoms with Crippen molar-refractivity contribution in [2.45, 2.75) is 110 Å². The quantitative estimate of drug-likeness (QED) is 0.308. The van der Waals surface area contributed by atoms with Gasteiger partial charge in [0.1, 0.15) is 0 Å². The summed E-state index contributed by atoms with van der Waals surface area (Å²) in [6, 6.07) is 5.83. The molecule has 1 aromatic heterocycles. The van der Waals surface area contributed by atoms with Gasteiger partial charge in [-0.25, -0.2) is 0 Å². The molecule has 0 atom stereocenters. The highest BCUT2D eigenvalue weighted by atomic mass is 16.3. The van der Waals surface area contributed by atoms with Gasteiger partial charge in [-0.2, -0.15) is 0 Å². The van der Waals surface area contributed by atoms with E-state index < -0.39 is 0 Å². The van der Waals surface area contributed by atoms with Crippen LogP contribution in [0.5, 0.6) is 0 Å². The molecule has 1 heterocycles. The first kappa shape index (κ1) is 23.1. The van der Waals surface area contributed by atoms with Gasteiger partial charge in [-0.3, -0.25) is 4.98 Å². The smallest absolute Gasteiger partial charge is 0.0853 e. The number of aromatic nitrogens is 1. The highest BCUT2D eigenvalue weighted by Crippen LogP contribution is 2.12. The minimum Gasteiger partial charge on any atom is -0.390 e. The van der Waals surface area contributed by atoms with Crippen LogP contribution in [0.2, 0.25) is 0 Å². The molecule has 3 nitrogen and oxygen atoms in total. The summed E-state index contributed by atoms with van der Waals surface area (Å²) in [5.41, 5.74) is 1.77. The first-order valence-electron chi connectivity index (χ1n) is 11.1. The summed E-state index contributed by atoms with van der Waals surface area (Å²) in [6.45, 7) is 4.16. The van der Waals surface area contributed by atoms with Gasteiger partial charge in [-0.1, -0.05) is 96.5 Å². The van der Waals surface area contributed by atoms with Crippen molar-refractivity contribution in [3.8, 4) is 0 Å². The maximum absolute atomic E-state index is 9.09. The lowest BCUT2D eigenvalue weighted by atomic mass is 10.0. The van der Waals surface area contributed by atoms with E-state index in [1.165, 1.54) is 89.9 Å². The predicted octanol–water partition coefficient (Wildman–Crippen LogP) is 6.14. The second-order valence-electron chi connectivity index (χ2n) is 7.55. The van der Waals surface area contributed by atoms with Crippen LogP contribution in [0.1, 0.15) is 108 Å². The van der Waals surface area contributed by atoms with E-state index in [0.29, 0.717) is 0 Å². The Morgan fingerprint density at radius 2 is 1.23 bits per heavy atom. The summed E-state index contributed by atoms with van der Waals surface area (Å²) in [7, 11) is 0. The summed E-state index contributed by atoms with van der Waals surface area (Å²) >= 11 is 0. The average Bonchev–Trinajstić information content (AvgIpc) is 2.68. The highest BCUT2D eigenvalue weighted by Gasteiger charge is 1.97. The molecule has 1 aromatic rings. The van der Waals surface area contributed by atoms with E-state index in [1.807, 2.05) is 18.2 Å². The first-order chi connectivity index (χ1) is 12.9. The molecular formula is C23H42N2O. The molecule has 150 valence electrons. The lowest BCUT2D eigenvalue weighted by Crippen LogP contribution is -2.15. The number of nitrogens with one attached hydrogen (secondary N) is 1. The molecule has 0 fully saturated rings. The van der Waals surface area contributed by atoms with Crippen molar-refractivity contribution in [1.29, 1.82) is 0 Å². The molecule has 0 saturated carbocycles. The number of rotatable bonds is 18. The van der Waals surface area contributed by atoms with E-state index in [9.17, 15) is 0 Å². The number of aliphatic hydroxyl groups excluding tert-OH is 1. The van der Waals surface area contributed by atoms with Crippen molar-refractivity contribution in [1.82, 2.24) is 10.3 Å². The molecule has 0 amide bonds. The van der Waals surface area contributed by atoms with Crippen molar-refractivity contribution >= 4 is 0 Å². The standard InChI is InChI=1S/C23H42N2O/c1-2-3-4-5-6-7-8-9-10-11-12-13-14-15-19-24-20-22-17-16-18-23(21-26)25-22/h16-18,24,26H,2-15,19-21H2,1H3. The van der Waals surface area contributed by atoms with Gasteiger partial charge in [-0.15, -0.1) is 0 Å². The third-order valence-electron chi connectivity index (χ3n) is 5.04. The Balaban J connectivity index is 1.78. The van der Waals surface area contributed by atoms with Gasteiger partial charge in [0.05, 0.1) is 18.0 Å². The van der Waals surface area contributed by atoms with Crippen LogP contribution in [-0.2, 0) is 13.2 Å². The maximum atomic E-state index is 9.09. The fourth-order valence-electron chi connectivity index (χ4n) is 3.38. The van der Waals surface area contributed by atoms with Gasteiger partial charge < -0.3 is 10.4 Å². The average molecular weight is 363 g/mol. The van der Waals surface area contributed by atoms with E-state index in [-0.39, 0.29) is 6.61 Å². The van der Waals surface area contributed by atoms with Crippen molar-refractivity contribution < 1.29 is 5.11 Å². The molecule has 0 radical (unpaired) electrons. The zero-order valence-electron chi connectivity index (χ0n) is 17.1. The summed E-state index contributed by atoms with van der Waals surface area (Å²) in [5.74, 6) is 0. The van der Waals surface area contributed by atoms with Crippen LogP contribution in [0.25, 0.3) is 0 Å². The van der Waals surface area contributed by atoms with Gasteiger partial charge in [0, 0.05) is 6.54 Å². The molecule has 0 bridgehead atoms. The fraction of sp³-hybridized carbons (Fsp3) is 0.783. The van der Waals surface area contributed by atoms with Crippen molar-refractivity contribution in [3.05, 3.63) is 29.6 Å². The van der Waals surface area contributed by atoms with Crippen LogP contribution in [0.15, 0.2) is 18.2 Å². The molecule has 0 saturated heterocycles. The number of aliphatic hydroxyl groups is 1. The molecule has 26 heavy (non-hydrogen) atoms. The Morgan fingerprint density at radius 1 is 0.731 bits per heavy atom. The Labute approximate surface area is 162 Å². The maximum Gasteiger partial charge on any atom is 0.0853 e. The number of nitrogens with zero attached hydrogens (tertiary/aromatic N) is 1. The normalized spacial score (nSPS) is 11.2. The van der Waals surface area contributed by atoms with Crippen LogP contribution in [0.3, 0.4) is 0 Å². The zero-order valence-corrected chi connectivity index (χ0v) is 17.1. The molecule has 0 aromatic carbocycles. The van der Waals surface area contributed by atoms with Gasteiger partial charge >= 0.3 is 0 Å². The predicted molar refractivity (Wildman–Crippen MR) is 112 cm³/mol. The summed E-state index contributed by atoms with van der Waals surface area (Å²) in [4.78, 5) is 4.39.